The number of pyridine rings is 1. The fraction of sp³-hybridized carbons (Fsp3) is 0.538. The van der Waals surface area contributed by atoms with Crippen LogP contribution in [-0.4, -0.2) is 38.4 Å². The molecule has 25 heavy (non-hydrogen) atoms. The molecule has 2 heterocycles. The van der Waals surface area contributed by atoms with Crippen molar-refractivity contribution in [2.75, 3.05) is 13.2 Å². The van der Waals surface area contributed by atoms with Crippen molar-refractivity contribution in [2.45, 2.75) is 30.0 Å². The van der Waals surface area contributed by atoms with Gasteiger partial charge in [-0.2, -0.15) is 30.4 Å². The Balaban J connectivity index is 2.15. The Kier molecular flexibility index (Phi) is 5.33. The number of hydrogen-bond donors (Lipinski definition) is 1. The topological polar surface area (TPSA) is 85.4 Å². The number of amides is 1. The fourth-order valence-electron chi connectivity index (χ4n) is 2.19. The first kappa shape index (κ1) is 19.5. The summed E-state index contributed by atoms with van der Waals surface area (Å²) in [6.07, 6.45) is -4.76. The first-order valence-corrected chi connectivity index (χ1v) is 8.49. The zero-order chi connectivity index (χ0) is 18.9. The van der Waals surface area contributed by atoms with Gasteiger partial charge in [0.2, 0.25) is 0 Å². The van der Waals surface area contributed by atoms with Gasteiger partial charge in [0.25, 0.3) is 10.0 Å². The minimum absolute atomic E-state index is 0.0146. The van der Waals surface area contributed by atoms with Crippen molar-refractivity contribution in [3.63, 3.8) is 0 Å². The lowest BCUT2D eigenvalue weighted by atomic mass is 9.92. The van der Waals surface area contributed by atoms with Crippen molar-refractivity contribution < 1.29 is 39.9 Å². The molecule has 2 rings (SSSR count). The summed E-state index contributed by atoms with van der Waals surface area (Å²) in [5.41, 5.74) is -1.22. The minimum atomic E-state index is -4.83. The standard InChI is InChI=1S/C13H13F5N2O4S/c14-12(15,8-3-5-24-6-4-8)11(21)20-25(22,23)10-2-1-9(7-19-10)13(16,17)18/h1-2,7-8H,3-6H2,(H,20,21). The first-order chi connectivity index (χ1) is 11.4. The van der Waals surface area contributed by atoms with Crippen LogP contribution < -0.4 is 4.72 Å². The number of nitrogens with zero attached hydrogens (tertiary/aromatic N) is 1. The van der Waals surface area contributed by atoms with Gasteiger partial charge < -0.3 is 4.74 Å². The predicted octanol–water partition coefficient (Wildman–Crippen LogP) is 1.97. The average molecular weight is 388 g/mol. The highest BCUT2D eigenvalue weighted by atomic mass is 32.2. The molecule has 0 radical (unpaired) electrons. The summed E-state index contributed by atoms with van der Waals surface area (Å²) in [7, 11) is -4.83. The number of carbonyl (C=O) groups is 1. The van der Waals surface area contributed by atoms with Crippen LogP contribution in [0.4, 0.5) is 22.0 Å². The van der Waals surface area contributed by atoms with Crippen molar-refractivity contribution in [1.29, 1.82) is 0 Å². The molecule has 0 aliphatic carbocycles. The van der Waals surface area contributed by atoms with Gasteiger partial charge in [-0.05, 0) is 25.0 Å². The first-order valence-electron chi connectivity index (χ1n) is 7.00. The lowest BCUT2D eigenvalue weighted by molar-refractivity contribution is -0.157. The molecule has 1 fully saturated rings. The van der Waals surface area contributed by atoms with E-state index in [4.69, 9.17) is 4.74 Å². The molecular weight excluding hydrogens is 375 g/mol. The van der Waals surface area contributed by atoms with Gasteiger partial charge in [0.05, 0.1) is 5.56 Å². The third kappa shape index (κ3) is 4.42. The van der Waals surface area contributed by atoms with Gasteiger partial charge in [0.1, 0.15) is 0 Å². The summed E-state index contributed by atoms with van der Waals surface area (Å²) in [4.78, 5) is 14.8. The molecule has 1 saturated heterocycles. The van der Waals surface area contributed by atoms with E-state index in [-0.39, 0.29) is 32.3 Å². The van der Waals surface area contributed by atoms with E-state index in [1.165, 1.54) is 4.72 Å². The van der Waals surface area contributed by atoms with Crippen LogP contribution in [0.1, 0.15) is 18.4 Å². The van der Waals surface area contributed by atoms with E-state index < -0.39 is 44.5 Å². The molecular formula is C13H13F5N2O4S. The number of ether oxygens (including phenoxy) is 1. The molecule has 6 nitrogen and oxygen atoms in total. The number of nitrogens with one attached hydrogen (secondary N) is 1. The van der Waals surface area contributed by atoms with Gasteiger partial charge in [0.15, 0.2) is 5.03 Å². The minimum Gasteiger partial charge on any atom is -0.381 e. The molecule has 0 bridgehead atoms. The maximum Gasteiger partial charge on any atom is 0.417 e. The number of alkyl halides is 5. The highest BCUT2D eigenvalue weighted by Gasteiger charge is 2.49. The maximum atomic E-state index is 14.1. The van der Waals surface area contributed by atoms with Crippen LogP contribution in [0.5, 0.6) is 0 Å². The van der Waals surface area contributed by atoms with Crippen molar-refractivity contribution in [3.8, 4) is 0 Å². The van der Waals surface area contributed by atoms with Crippen LogP contribution in [0.3, 0.4) is 0 Å². The van der Waals surface area contributed by atoms with E-state index in [9.17, 15) is 35.2 Å². The molecule has 0 unspecified atom stereocenters. The second-order valence-electron chi connectivity index (χ2n) is 5.33. The Morgan fingerprint density at radius 2 is 1.76 bits per heavy atom. The molecule has 0 saturated carbocycles. The Morgan fingerprint density at radius 3 is 2.24 bits per heavy atom. The molecule has 12 heteroatoms. The molecule has 1 amide bonds. The van der Waals surface area contributed by atoms with Gasteiger partial charge >= 0.3 is 18.0 Å². The van der Waals surface area contributed by atoms with Crippen LogP contribution >= 0.6 is 0 Å². The number of rotatable bonds is 4. The highest BCUT2D eigenvalue weighted by Crippen LogP contribution is 2.33. The van der Waals surface area contributed by atoms with Crippen molar-refractivity contribution in [3.05, 3.63) is 23.9 Å². The average Bonchev–Trinajstić information content (AvgIpc) is 2.54. The molecule has 1 aromatic heterocycles. The Hall–Kier alpha value is -1.82. The molecule has 0 atom stereocenters. The third-order valence-corrected chi connectivity index (χ3v) is 4.85. The Labute approximate surface area is 139 Å². The second-order valence-corrected chi connectivity index (χ2v) is 6.96. The van der Waals surface area contributed by atoms with E-state index in [1.807, 2.05) is 0 Å². The zero-order valence-electron chi connectivity index (χ0n) is 12.5. The normalized spacial score (nSPS) is 17.3. The SMILES string of the molecule is O=C(NS(=O)(=O)c1ccc(C(F)(F)F)cn1)C(F)(F)C1CCOCC1. The lowest BCUT2D eigenvalue weighted by Gasteiger charge is -2.28. The van der Waals surface area contributed by atoms with E-state index in [2.05, 4.69) is 4.98 Å². The summed E-state index contributed by atoms with van der Waals surface area (Å²) in [5, 5.41) is -0.975. The molecule has 0 spiro atoms. The highest BCUT2D eigenvalue weighted by molar-refractivity contribution is 7.90. The van der Waals surface area contributed by atoms with Gasteiger partial charge in [-0.3, -0.25) is 4.79 Å². The van der Waals surface area contributed by atoms with E-state index in [0.717, 1.165) is 0 Å². The Bertz CT molecular complexity index is 728. The molecule has 140 valence electrons. The zero-order valence-corrected chi connectivity index (χ0v) is 13.3. The van der Waals surface area contributed by atoms with E-state index in [1.54, 1.807) is 0 Å². The summed E-state index contributed by atoms with van der Waals surface area (Å²) in [6.45, 7) is 0.0293. The predicted molar refractivity (Wildman–Crippen MR) is 73.1 cm³/mol. The van der Waals surface area contributed by atoms with Crippen LogP contribution in [-0.2, 0) is 25.7 Å². The number of halogens is 5. The molecule has 1 N–H and O–H groups in total. The van der Waals surface area contributed by atoms with Crippen LogP contribution in [0, 0.1) is 5.92 Å². The van der Waals surface area contributed by atoms with Crippen LogP contribution in [0.2, 0.25) is 0 Å². The van der Waals surface area contributed by atoms with Gasteiger partial charge in [-0.15, -0.1) is 0 Å². The summed E-state index contributed by atoms with van der Waals surface area (Å²) in [6, 6.07) is 0.897. The smallest absolute Gasteiger partial charge is 0.381 e. The van der Waals surface area contributed by atoms with Gasteiger partial charge in [-0.25, -0.2) is 9.71 Å². The molecule has 1 aromatic rings. The lowest BCUT2D eigenvalue weighted by Crippen LogP contribution is -2.49. The van der Waals surface area contributed by atoms with E-state index >= 15 is 0 Å². The number of aromatic nitrogens is 1. The quantitative estimate of drug-likeness (QED) is 0.798. The van der Waals surface area contributed by atoms with Crippen LogP contribution in [0.25, 0.3) is 0 Å². The van der Waals surface area contributed by atoms with Crippen molar-refractivity contribution in [2.24, 2.45) is 5.92 Å². The monoisotopic (exact) mass is 388 g/mol. The molecule has 1 aliphatic rings. The third-order valence-electron chi connectivity index (χ3n) is 3.60. The number of carbonyl (C=O) groups excluding carboxylic acids is 1. The largest absolute Gasteiger partial charge is 0.417 e. The summed E-state index contributed by atoms with van der Waals surface area (Å²) >= 11 is 0. The number of hydrogen-bond acceptors (Lipinski definition) is 5. The Morgan fingerprint density at radius 1 is 1.16 bits per heavy atom. The number of sulfonamides is 1. The van der Waals surface area contributed by atoms with Gasteiger partial charge in [0, 0.05) is 25.3 Å². The van der Waals surface area contributed by atoms with E-state index in [0.29, 0.717) is 12.1 Å². The second kappa shape index (κ2) is 6.83. The van der Waals surface area contributed by atoms with Crippen LogP contribution in [0.15, 0.2) is 23.4 Å². The molecule has 1 aliphatic heterocycles. The summed E-state index contributed by atoms with van der Waals surface area (Å²) in [5.74, 6) is -7.42. The van der Waals surface area contributed by atoms with Crippen molar-refractivity contribution >= 4 is 15.9 Å². The maximum absolute atomic E-state index is 14.1. The van der Waals surface area contributed by atoms with Gasteiger partial charge in [-0.1, -0.05) is 0 Å². The van der Waals surface area contributed by atoms with Crippen molar-refractivity contribution in [1.82, 2.24) is 9.71 Å². The summed E-state index contributed by atoms with van der Waals surface area (Å²) < 4.78 is 95.3. The fourth-order valence-corrected chi connectivity index (χ4v) is 3.12. The molecule has 0 aromatic carbocycles.